The molecule has 4 nitrogen and oxygen atoms in total. The third-order valence-electron chi connectivity index (χ3n) is 3.46. The van der Waals surface area contributed by atoms with E-state index in [1.165, 1.54) is 39.0 Å². The molecule has 2 heterocycles. The highest BCUT2D eigenvalue weighted by molar-refractivity contribution is 4.74. The summed E-state index contributed by atoms with van der Waals surface area (Å²) in [5.41, 5.74) is 0. The lowest BCUT2D eigenvalue weighted by molar-refractivity contribution is -0.0361. The first kappa shape index (κ1) is 12.3. The Morgan fingerprint density at radius 3 is 2.62 bits per heavy atom. The van der Waals surface area contributed by atoms with Gasteiger partial charge in [0.25, 0.3) is 0 Å². The number of likely N-dealkylation sites (N-methyl/N-ethyl adjacent to an activating group) is 1. The van der Waals surface area contributed by atoms with Crippen LogP contribution in [0.2, 0.25) is 0 Å². The Hall–Kier alpha value is -0.160. The molecule has 0 amide bonds. The van der Waals surface area contributed by atoms with Crippen LogP contribution in [0.3, 0.4) is 0 Å². The molecule has 1 atom stereocenters. The maximum Gasteiger partial charge on any atom is 0.0829 e. The van der Waals surface area contributed by atoms with E-state index < -0.39 is 0 Å². The Kier molecular flexibility index (Phi) is 5.03. The first-order valence-electron chi connectivity index (χ1n) is 6.58. The van der Waals surface area contributed by atoms with E-state index in [1.54, 1.807) is 0 Å². The minimum atomic E-state index is 0.422. The Morgan fingerprint density at radius 2 is 1.94 bits per heavy atom. The molecule has 0 saturated carbocycles. The van der Waals surface area contributed by atoms with Gasteiger partial charge in [-0.3, -0.25) is 0 Å². The molecule has 2 saturated heterocycles. The maximum absolute atomic E-state index is 5.82. The highest BCUT2D eigenvalue weighted by atomic mass is 16.5. The molecule has 0 aliphatic carbocycles. The molecular formula is C12H25N3O. The zero-order valence-corrected chi connectivity index (χ0v) is 10.5. The second-order valence-corrected chi connectivity index (χ2v) is 5.01. The van der Waals surface area contributed by atoms with Crippen molar-refractivity contribution in [3.05, 3.63) is 0 Å². The minimum Gasteiger partial charge on any atom is -0.374 e. The number of morpholine rings is 1. The molecule has 1 unspecified atom stereocenters. The van der Waals surface area contributed by atoms with Gasteiger partial charge in [0, 0.05) is 19.6 Å². The van der Waals surface area contributed by atoms with Gasteiger partial charge in [0.2, 0.25) is 0 Å². The number of hydrogen-bond donors (Lipinski definition) is 1. The van der Waals surface area contributed by atoms with Crippen LogP contribution < -0.4 is 5.32 Å². The molecule has 2 aliphatic heterocycles. The van der Waals surface area contributed by atoms with Crippen molar-refractivity contribution in [2.75, 3.05) is 59.5 Å². The van der Waals surface area contributed by atoms with Gasteiger partial charge in [0.15, 0.2) is 0 Å². The number of nitrogens with one attached hydrogen (secondary N) is 1. The molecule has 2 fully saturated rings. The van der Waals surface area contributed by atoms with Gasteiger partial charge in [-0.25, -0.2) is 0 Å². The lowest BCUT2D eigenvalue weighted by Crippen LogP contribution is -2.47. The SMILES string of the molecule is CN1CCOC(CN2CCCNCCC2)C1. The summed E-state index contributed by atoms with van der Waals surface area (Å²) in [6.45, 7) is 8.97. The molecule has 16 heavy (non-hydrogen) atoms. The van der Waals surface area contributed by atoms with Crippen molar-refractivity contribution in [3.63, 3.8) is 0 Å². The molecule has 0 bridgehead atoms. The van der Waals surface area contributed by atoms with Crippen molar-refractivity contribution < 1.29 is 4.74 Å². The Labute approximate surface area is 98.9 Å². The first-order chi connectivity index (χ1) is 7.84. The summed E-state index contributed by atoms with van der Waals surface area (Å²) in [4.78, 5) is 4.95. The van der Waals surface area contributed by atoms with E-state index in [4.69, 9.17) is 4.74 Å². The first-order valence-corrected chi connectivity index (χ1v) is 6.58. The normalized spacial score (nSPS) is 30.9. The number of nitrogens with zero attached hydrogens (tertiary/aromatic N) is 2. The molecule has 0 aromatic heterocycles. The van der Waals surface area contributed by atoms with Crippen molar-refractivity contribution in [2.45, 2.75) is 18.9 Å². The van der Waals surface area contributed by atoms with Crippen LogP contribution in [0, 0.1) is 0 Å². The molecule has 4 heteroatoms. The zero-order valence-electron chi connectivity index (χ0n) is 10.5. The monoisotopic (exact) mass is 227 g/mol. The number of ether oxygens (including phenoxy) is 1. The predicted octanol–water partition coefficient (Wildman–Crippen LogP) is 0.00240. The standard InChI is InChI=1S/C12H25N3O/c1-14-8-9-16-12(10-14)11-15-6-2-4-13-5-3-7-15/h12-13H,2-11H2,1H3. The fourth-order valence-electron chi connectivity index (χ4n) is 2.54. The molecule has 2 aliphatic rings. The topological polar surface area (TPSA) is 27.7 Å². The fourth-order valence-corrected chi connectivity index (χ4v) is 2.54. The van der Waals surface area contributed by atoms with Gasteiger partial charge < -0.3 is 19.9 Å². The summed E-state index contributed by atoms with van der Waals surface area (Å²) >= 11 is 0. The lowest BCUT2D eigenvalue weighted by Gasteiger charge is -2.34. The van der Waals surface area contributed by atoms with Crippen molar-refractivity contribution in [1.29, 1.82) is 0 Å². The van der Waals surface area contributed by atoms with Crippen molar-refractivity contribution in [3.8, 4) is 0 Å². The Morgan fingerprint density at radius 1 is 1.19 bits per heavy atom. The van der Waals surface area contributed by atoms with Crippen LogP contribution in [-0.4, -0.2) is 75.4 Å². The van der Waals surface area contributed by atoms with Crippen LogP contribution in [0.15, 0.2) is 0 Å². The van der Waals surface area contributed by atoms with Crippen LogP contribution in [0.5, 0.6) is 0 Å². The average molecular weight is 227 g/mol. The summed E-state index contributed by atoms with van der Waals surface area (Å²) in [6.07, 6.45) is 2.96. The van der Waals surface area contributed by atoms with Gasteiger partial charge >= 0.3 is 0 Å². The Balaban J connectivity index is 1.73. The van der Waals surface area contributed by atoms with Crippen LogP contribution >= 0.6 is 0 Å². The summed E-state index contributed by atoms with van der Waals surface area (Å²) in [5, 5.41) is 3.45. The van der Waals surface area contributed by atoms with Gasteiger partial charge in [-0.15, -0.1) is 0 Å². The molecule has 1 N–H and O–H groups in total. The van der Waals surface area contributed by atoms with Crippen molar-refractivity contribution in [2.24, 2.45) is 0 Å². The van der Waals surface area contributed by atoms with Crippen molar-refractivity contribution in [1.82, 2.24) is 15.1 Å². The highest BCUT2D eigenvalue weighted by Crippen LogP contribution is 2.07. The molecule has 0 spiro atoms. The van der Waals surface area contributed by atoms with Gasteiger partial charge in [0.1, 0.15) is 0 Å². The Bertz CT molecular complexity index is 193. The molecule has 2 rings (SSSR count). The third-order valence-corrected chi connectivity index (χ3v) is 3.46. The molecule has 94 valence electrons. The molecule has 0 aromatic rings. The quantitative estimate of drug-likeness (QED) is 0.719. The third kappa shape index (κ3) is 4.01. The number of rotatable bonds is 2. The minimum absolute atomic E-state index is 0.422. The van der Waals surface area contributed by atoms with Crippen molar-refractivity contribution >= 4 is 0 Å². The second-order valence-electron chi connectivity index (χ2n) is 5.01. The maximum atomic E-state index is 5.82. The van der Waals surface area contributed by atoms with E-state index in [0.29, 0.717) is 6.10 Å². The largest absolute Gasteiger partial charge is 0.374 e. The lowest BCUT2D eigenvalue weighted by atomic mass is 10.2. The average Bonchev–Trinajstić information content (AvgIpc) is 2.22. The summed E-state index contributed by atoms with van der Waals surface area (Å²) in [7, 11) is 2.19. The second kappa shape index (κ2) is 6.55. The van der Waals surface area contributed by atoms with E-state index >= 15 is 0 Å². The smallest absolute Gasteiger partial charge is 0.0829 e. The summed E-state index contributed by atoms with van der Waals surface area (Å²) < 4.78 is 5.82. The van der Waals surface area contributed by atoms with Gasteiger partial charge in [-0.2, -0.15) is 0 Å². The highest BCUT2D eigenvalue weighted by Gasteiger charge is 2.20. The van der Waals surface area contributed by atoms with Crippen LogP contribution in [-0.2, 0) is 4.74 Å². The summed E-state index contributed by atoms with van der Waals surface area (Å²) in [6, 6.07) is 0. The van der Waals surface area contributed by atoms with E-state index in [2.05, 4.69) is 22.2 Å². The van der Waals surface area contributed by atoms with E-state index in [9.17, 15) is 0 Å². The van der Waals surface area contributed by atoms with E-state index in [1.807, 2.05) is 0 Å². The van der Waals surface area contributed by atoms with E-state index in [0.717, 1.165) is 26.2 Å². The molecule has 0 radical (unpaired) electrons. The zero-order chi connectivity index (χ0) is 11.2. The van der Waals surface area contributed by atoms with Crippen LogP contribution in [0.25, 0.3) is 0 Å². The van der Waals surface area contributed by atoms with Crippen LogP contribution in [0.4, 0.5) is 0 Å². The molecular weight excluding hydrogens is 202 g/mol. The summed E-state index contributed by atoms with van der Waals surface area (Å²) in [5.74, 6) is 0. The van der Waals surface area contributed by atoms with Gasteiger partial charge in [0.05, 0.1) is 12.7 Å². The van der Waals surface area contributed by atoms with E-state index in [-0.39, 0.29) is 0 Å². The molecule has 0 aromatic carbocycles. The van der Waals surface area contributed by atoms with Gasteiger partial charge in [-0.1, -0.05) is 0 Å². The van der Waals surface area contributed by atoms with Gasteiger partial charge in [-0.05, 0) is 46.1 Å². The fraction of sp³-hybridized carbons (Fsp3) is 1.00. The predicted molar refractivity (Wildman–Crippen MR) is 65.8 cm³/mol. The van der Waals surface area contributed by atoms with Crippen LogP contribution in [0.1, 0.15) is 12.8 Å². The number of hydrogen-bond acceptors (Lipinski definition) is 4.